The molecule has 2 aromatic rings. The summed E-state index contributed by atoms with van der Waals surface area (Å²) in [5, 5.41) is 14.4. The Morgan fingerprint density at radius 2 is 2.39 bits per heavy atom. The number of nitrogens with zero attached hydrogens (tertiary/aromatic N) is 4. The van der Waals surface area contributed by atoms with E-state index in [4.69, 9.17) is 4.52 Å². The number of rotatable bonds is 4. The molecule has 0 unspecified atom stereocenters. The second kappa shape index (κ2) is 5.21. The van der Waals surface area contributed by atoms with Gasteiger partial charge >= 0.3 is 0 Å². The fourth-order valence-corrected chi connectivity index (χ4v) is 2.03. The number of thioether (sulfide) groups is 1. The third-order valence-electron chi connectivity index (χ3n) is 2.20. The summed E-state index contributed by atoms with van der Waals surface area (Å²) in [5.41, 5.74) is 0.721. The van der Waals surface area contributed by atoms with E-state index < -0.39 is 0 Å². The molecule has 7 nitrogen and oxygen atoms in total. The van der Waals surface area contributed by atoms with Gasteiger partial charge in [-0.2, -0.15) is 0 Å². The number of anilines is 1. The molecule has 0 saturated heterocycles. The first-order valence-electron chi connectivity index (χ1n) is 5.31. The number of nitrogens with one attached hydrogen (secondary N) is 1. The van der Waals surface area contributed by atoms with Crippen molar-refractivity contribution in [1.82, 2.24) is 19.9 Å². The number of aromatic nitrogens is 4. The van der Waals surface area contributed by atoms with Crippen molar-refractivity contribution in [3.63, 3.8) is 0 Å². The van der Waals surface area contributed by atoms with Gasteiger partial charge in [0.15, 0.2) is 5.16 Å². The number of amides is 1. The zero-order valence-corrected chi connectivity index (χ0v) is 11.1. The van der Waals surface area contributed by atoms with Gasteiger partial charge in [-0.15, -0.1) is 10.2 Å². The smallest absolute Gasteiger partial charge is 0.240 e. The highest BCUT2D eigenvalue weighted by Crippen LogP contribution is 2.21. The minimum absolute atomic E-state index is 0.167. The molecule has 18 heavy (non-hydrogen) atoms. The van der Waals surface area contributed by atoms with Crippen LogP contribution in [0.3, 0.4) is 0 Å². The van der Waals surface area contributed by atoms with Crippen molar-refractivity contribution in [2.24, 2.45) is 7.05 Å². The Labute approximate surface area is 108 Å². The van der Waals surface area contributed by atoms with Crippen LogP contribution in [0.2, 0.25) is 0 Å². The molecule has 2 aromatic heterocycles. The minimum Gasteiger partial charge on any atom is -0.338 e. The maximum Gasteiger partial charge on any atom is 0.240 e. The predicted octanol–water partition coefficient (Wildman–Crippen LogP) is 1.23. The molecule has 0 aliphatic carbocycles. The number of hydrogen-bond acceptors (Lipinski definition) is 6. The van der Waals surface area contributed by atoms with Gasteiger partial charge in [0.05, 0.1) is 10.9 Å². The van der Waals surface area contributed by atoms with E-state index in [-0.39, 0.29) is 11.2 Å². The zero-order chi connectivity index (χ0) is 13.1. The molecule has 1 N–H and O–H groups in total. The van der Waals surface area contributed by atoms with E-state index >= 15 is 0 Å². The molecule has 0 spiro atoms. The molecule has 0 fully saturated rings. The van der Waals surface area contributed by atoms with E-state index in [0.29, 0.717) is 11.0 Å². The first-order valence-corrected chi connectivity index (χ1v) is 6.19. The van der Waals surface area contributed by atoms with Gasteiger partial charge in [-0.05, 0) is 13.8 Å². The van der Waals surface area contributed by atoms with Crippen LogP contribution >= 0.6 is 11.8 Å². The first kappa shape index (κ1) is 12.6. The summed E-state index contributed by atoms with van der Waals surface area (Å²) in [6.07, 6.45) is 1.59. The lowest BCUT2D eigenvalue weighted by molar-refractivity contribution is -0.115. The lowest BCUT2D eigenvalue weighted by atomic mass is 10.4. The van der Waals surface area contributed by atoms with Crippen molar-refractivity contribution < 1.29 is 9.32 Å². The summed E-state index contributed by atoms with van der Waals surface area (Å²) in [6, 6.07) is 1.66. The zero-order valence-electron chi connectivity index (χ0n) is 10.2. The van der Waals surface area contributed by atoms with Gasteiger partial charge in [0.1, 0.15) is 6.33 Å². The van der Waals surface area contributed by atoms with E-state index in [1.165, 1.54) is 11.8 Å². The van der Waals surface area contributed by atoms with E-state index in [1.807, 2.05) is 7.05 Å². The van der Waals surface area contributed by atoms with Crippen molar-refractivity contribution >= 4 is 23.6 Å². The molecule has 2 heterocycles. The Morgan fingerprint density at radius 1 is 1.61 bits per heavy atom. The second-order valence-electron chi connectivity index (χ2n) is 3.81. The Bertz CT molecular complexity index is 550. The highest BCUT2D eigenvalue weighted by atomic mass is 32.2. The highest BCUT2D eigenvalue weighted by molar-refractivity contribution is 8.00. The third kappa shape index (κ3) is 2.89. The molecule has 96 valence electrons. The van der Waals surface area contributed by atoms with E-state index in [9.17, 15) is 4.79 Å². The molecular weight excluding hydrogens is 254 g/mol. The van der Waals surface area contributed by atoms with Crippen LogP contribution in [0.4, 0.5) is 5.88 Å². The molecule has 0 radical (unpaired) electrons. The van der Waals surface area contributed by atoms with E-state index in [1.54, 1.807) is 30.8 Å². The van der Waals surface area contributed by atoms with Gasteiger partial charge in [0.2, 0.25) is 11.8 Å². The molecule has 0 aromatic carbocycles. The third-order valence-corrected chi connectivity index (χ3v) is 3.34. The minimum atomic E-state index is -0.307. The Kier molecular flexibility index (Phi) is 3.66. The molecule has 8 heteroatoms. The molecule has 0 bridgehead atoms. The predicted molar refractivity (Wildman–Crippen MR) is 66.2 cm³/mol. The van der Waals surface area contributed by atoms with Gasteiger partial charge in [-0.1, -0.05) is 16.9 Å². The van der Waals surface area contributed by atoms with Gasteiger partial charge in [-0.25, -0.2) is 0 Å². The second-order valence-corrected chi connectivity index (χ2v) is 5.11. The topological polar surface area (TPSA) is 85.8 Å². The van der Waals surface area contributed by atoms with Crippen molar-refractivity contribution in [3.8, 4) is 0 Å². The van der Waals surface area contributed by atoms with Gasteiger partial charge < -0.3 is 9.09 Å². The molecular formula is C10H13N5O2S. The van der Waals surface area contributed by atoms with Crippen LogP contribution in [0.1, 0.15) is 12.6 Å². The Hall–Kier alpha value is -1.83. The molecule has 0 aliphatic rings. The maximum absolute atomic E-state index is 11.9. The number of carbonyl (C=O) groups is 1. The Balaban J connectivity index is 1.95. The quantitative estimate of drug-likeness (QED) is 0.838. The normalized spacial score (nSPS) is 12.4. The lowest BCUT2D eigenvalue weighted by Gasteiger charge is -2.08. The van der Waals surface area contributed by atoms with Crippen molar-refractivity contribution in [2.45, 2.75) is 24.3 Å². The van der Waals surface area contributed by atoms with Crippen LogP contribution < -0.4 is 5.32 Å². The summed E-state index contributed by atoms with van der Waals surface area (Å²) in [7, 11) is 1.83. The van der Waals surface area contributed by atoms with Crippen LogP contribution in [0.15, 0.2) is 22.1 Å². The van der Waals surface area contributed by atoms with Crippen LogP contribution in [-0.4, -0.2) is 31.1 Å². The number of aryl methyl sites for hydroxylation is 2. The average Bonchev–Trinajstić information content (AvgIpc) is 2.89. The highest BCUT2D eigenvalue weighted by Gasteiger charge is 2.18. The molecule has 0 saturated carbocycles. The summed E-state index contributed by atoms with van der Waals surface area (Å²) in [6.45, 7) is 3.58. The summed E-state index contributed by atoms with van der Waals surface area (Å²) in [5.74, 6) is 0.182. The fraction of sp³-hybridized carbons (Fsp3) is 0.400. The molecule has 1 amide bonds. The molecule has 2 rings (SSSR count). The maximum atomic E-state index is 11.9. The van der Waals surface area contributed by atoms with Crippen LogP contribution in [-0.2, 0) is 11.8 Å². The standard InChI is InChI=1S/C10H13N5O2S/c1-6-4-8(17-14-6)12-9(16)7(2)18-10-13-11-5-15(10)3/h4-5,7H,1-3H3,(H,12,16)/t7-/m0/s1. The summed E-state index contributed by atoms with van der Waals surface area (Å²) >= 11 is 1.33. The van der Waals surface area contributed by atoms with E-state index in [0.717, 1.165) is 5.69 Å². The lowest BCUT2D eigenvalue weighted by Crippen LogP contribution is -2.22. The van der Waals surface area contributed by atoms with Crippen LogP contribution in [0.25, 0.3) is 0 Å². The fourth-order valence-electron chi connectivity index (χ4n) is 1.24. The summed E-state index contributed by atoms with van der Waals surface area (Å²) in [4.78, 5) is 11.9. The van der Waals surface area contributed by atoms with Gasteiger partial charge in [-0.3, -0.25) is 10.1 Å². The van der Waals surface area contributed by atoms with Gasteiger partial charge in [0.25, 0.3) is 0 Å². The van der Waals surface area contributed by atoms with Crippen LogP contribution in [0.5, 0.6) is 0 Å². The number of hydrogen-bond donors (Lipinski definition) is 1. The number of carbonyl (C=O) groups excluding carboxylic acids is 1. The first-order chi connectivity index (χ1) is 8.56. The monoisotopic (exact) mass is 267 g/mol. The molecule has 0 aliphatic heterocycles. The van der Waals surface area contributed by atoms with Crippen molar-refractivity contribution in [3.05, 3.63) is 18.1 Å². The van der Waals surface area contributed by atoms with Crippen molar-refractivity contribution in [2.75, 3.05) is 5.32 Å². The van der Waals surface area contributed by atoms with Gasteiger partial charge in [0, 0.05) is 13.1 Å². The van der Waals surface area contributed by atoms with E-state index in [2.05, 4.69) is 20.7 Å². The SMILES string of the molecule is Cc1cc(NC(=O)[C@H](C)Sc2nncn2C)on1. The van der Waals surface area contributed by atoms with Crippen LogP contribution in [0, 0.1) is 6.92 Å². The molecule has 1 atom stereocenters. The summed E-state index contributed by atoms with van der Waals surface area (Å²) < 4.78 is 6.68. The van der Waals surface area contributed by atoms with Crippen molar-refractivity contribution in [1.29, 1.82) is 0 Å². The Morgan fingerprint density at radius 3 is 2.94 bits per heavy atom. The largest absolute Gasteiger partial charge is 0.338 e. The average molecular weight is 267 g/mol.